The first kappa shape index (κ1) is 19.3. The number of hydrogen-bond donors (Lipinski definition) is 0. The maximum Gasteiger partial charge on any atom is 0.126 e. The Morgan fingerprint density at radius 1 is 0.923 bits per heavy atom. The number of benzene rings is 1. The monoisotopic (exact) mass is 358 g/mol. The Hall–Kier alpha value is -1.44. The lowest BCUT2D eigenvalue weighted by Gasteiger charge is -2.43. The van der Waals surface area contributed by atoms with E-state index in [4.69, 9.17) is 0 Å². The fraction of sp³-hybridized carbons (Fsp3) is 0.583. The first-order chi connectivity index (χ1) is 12.6. The van der Waals surface area contributed by atoms with E-state index in [9.17, 15) is 8.78 Å². The Morgan fingerprint density at radius 2 is 1.65 bits per heavy atom. The average Bonchev–Trinajstić information content (AvgIpc) is 2.65. The van der Waals surface area contributed by atoms with Gasteiger partial charge >= 0.3 is 0 Å². The van der Waals surface area contributed by atoms with Gasteiger partial charge in [-0.1, -0.05) is 76.2 Å². The second-order valence-corrected chi connectivity index (χ2v) is 8.26. The first-order valence-corrected chi connectivity index (χ1v) is 10.4. The largest absolute Gasteiger partial charge is 0.207 e. The maximum atomic E-state index is 13.9. The molecule has 0 saturated heterocycles. The molecule has 1 fully saturated rings. The third-order valence-corrected chi connectivity index (χ3v) is 6.54. The van der Waals surface area contributed by atoms with Crippen molar-refractivity contribution in [2.75, 3.05) is 0 Å². The van der Waals surface area contributed by atoms with Crippen molar-refractivity contribution in [3.05, 3.63) is 59.7 Å². The van der Waals surface area contributed by atoms with Crippen molar-refractivity contribution >= 4 is 0 Å². The Bertz CT molecular complexity index is 617. The summed E-state index contributed by atoms with van der Waals surface area (Å²) in [5.41, 5.74) is 0.562. The van der Waals surface area contributed by atoms with Crippen LogP contribution in [0.1, 0.15) is 76.7 Å². The SMILES string of the molecule is CCCCCCC1CCC(C2(c3cc(F)cc(F)c3)C=CC=CC2)CC1. The molecule has 0 N–H and O–H groups in total. The second-order valence-electron chi connectivity index (χ2n) is 8.26. The fourth-order valence-corrected chi connectivity index (χ4v) is 5.04. The lowest BCUT2D eigenvalue weighted by Crippen LogP contribution is -2.36. The highest BCUT2D eigenvalue weighted by atomic mass is 19.1. The molecule has 2 aliphatic rings. The van der Waals surface area contributed by atoms with Crippen LogP contribution in [-0.2, 0) is 5.41 Å². The summed E-state index contributed by atoms with van der Waals surface area (Å²) in [4.78, 5) is 0. The van der Waals surface area contributed by atoms with Crippen molar-refractivity contribution in [1.82, 2.24) is 0 Å². The van der Waals surface area contributed by atoms with Gasteiger partial charge in [0.15, 0.2) is 0 Å². The van der Waals surface area contributed by atoms with Crippen LogP contribution in [0.2, 0.25) is 0 Å². The van der Waals surface area contributed by atoms with Crippen molar-refractivity contribution in [3.63, 3.8) is 0 Å². The van der Waals surface area contributed by atoms with Crippen LogP contribution in [0.3, 0.4) is 0 Å². The minimum atomic E-state index is -0.466. The quantitative estimate of drug-likeness (QED) is 0.443. The molecule has 0 spiro atoms. The number of hydrogen-bond acceptors (Lipinski definition) is 0. The first-order valence-electron chi connectivity index (χ1n) is 10.4. The Morgan fingerprint density at radius 3 is 2.27 bits per heavy atom. The van der Waals surface area contributed by atoms with Crippen molar-refractivity contribution in [1.29, 1.82) is 0 Å². The van der Waals surface area contributed by atoms with Crippen LogP contribution < -0.4 is 0 Å². The molecule has 0 aromatic heterocycles. The van der Waals surface area contributed by atoms with E-state index in [0.29, 0.717) is 5.92 Å². The predicted molar refractivity (Wildman–Crippen MR) is 105 cm³/mol. The Kier molecular flexibility index (Phi) is 6.67. The molecule has 0 aliphatic heterocycles. The van der Waals surface area contributed by atoms with Gasteiger partial charge in [-0.05, 0) is 48.8 Å². The number of rotatable bonds is 7. The normalized spacial score (nSPS) is 28.4. The van der Waals surface area contributed by atoms with E-state index in [0.717, 1.165) is 36.8 Å². The highest BCUT2D eigenvalue weighted by molar-refractivity contribution is 5.37. The van der Waals surface area contributed by atoms with Crippen LogP contribution in [0, 0.1) is 23.5 Å². The van der Waals surface area contributed by atoms with E-state index in [2.05, 4.69) is 25.2 Å². The molecule has 0 bridgehead atoms. The molecule has 0 radical (unpaired) electrons. The number of unbranched alkanes of at least 4 members (excludes halogenated alkanes) is 3. The third kappa shape index (κ3) is 4.45. The zero-order chi connectivity index (χ0) is 18.4. The van der Waals surface area contributed by atoms with Gasteiger partial charge in [0.1, 0.15) is 11.6 Å². The molecular weight excluding hydrogens is 326 g/mol. The van der Waals surface area contributed by atoms with Gasteiger partial charge in [0, 0.05) is 11.5 Å². The Balaban J connectivity index is 1.70. The summed E-state index contributed by atoms with van der Waals surface area (Å²) in [6, 6.07) is 4.07. The van der Waals surface area contributed by atoms with Gasteiger partial charge in [0.2, 0.25) is 0 Å². The predicted octanol–water partition coefficient (Wildman–Crippen LogP) is 7.50. The van der Waals surface area contributed by atoms with Gasteiger partial charge in [-0.3, -0.25) is 0 Å². The zero-order valence-corrected chi connectivity index (χ0v) is 16.0. The van der Waals surface area contributed by atoms with Gasteiger partial charge in [-0.15, -0.1) is 0 Å². The van der Waals surface area contributed by atoms with Gasteiger partial charge in [0.05, 0.1) is 0 Å². The molecule has 1 unspecified atom stereocenters. The zero-order valence-electron chi connectivity index (χ0n) is 16.0. The molecule has 0 heterocycles. The highest BCUT2D eigenvalue weighted by Gasteiger charge is 2.40. The lowest BCUT2D eigenvalue weighted by atomic mass is 9.61. The van der Waals surface area contributed by atoms with E-state index in [-0.39, 0.29) is 5.41 Å². The van der Waals surface area contributed by atoms with Crippen molar-refractivity contribution in [2.45, 2.75) is 76.5 Å². The van der Waals surface area contributed by atoms with E-state index < -0.39 is 11.6 Å². The fourth-order valence-electron chi connectivity index (χ4n) is 5.04. The van der Waals surface area contributed by atoms with E-state index in [1.165, 1.54) is 44.9 Å². The Labute approximate surface area is 157 Å². The van der Waals surface area contributed by atoms with Crippen LogP contribution in [0.15, 0.2) is 42.5 Å². The number of allylic oxidation sites excluding steroid dienone is 4. The number of halogens is 2. The lowest BCUT2D eigenvalue weighted by molar-refractivity contribution is 0.192. The summed E-state index contributed by atoms with van der Waals surface area (Å²) in [7, 11) is 0. The molecule has 142 valence electrons. The van der Waals surface area contributed by atoms with Gasteiger partial charge in [-0.2, -0.15) is 0 Å². The standard InChI is InChI=1S/C24H32F2/c1-2-3-4-6-9-19-10-12-20(13-11-19)24(14-7-5-8-15-24)21-16-22(25)18-23(26)17-21/h5,7-8,14,16-20H,2-4,6,9-13,15H2,1H3. The maximum absolute atomic E-state index is 13.9. The molecule has 1 aromatic rings. The molecular formula is C24H32F2. The second kappa shape index (κ2) is 8.97. The van der Waals surface area contributed by atoms with Gasteiger partial charge in [0.25, 0.3) is 0 Å². The van der Waals surface area contributed by atoms with E-state index in [1.54, 1.807) is 12.1 Å². The van der Waals surface area contributed by atoms with Crippen molar-refractivity contribution in [2.24, 2.45) is 11.8 Å². The van der Waals surface area contributed by atoms with Crippen LogP contribution in [0.5, 0.6) is 0 Å². The van der Waals surface area contributed by atoms with Gasteiger partial charge < -0.3 is 0 Å². The molecule has 0 amide bonds. The molecule has 1 aromatic carbocycles. The summed E-state index contributed by atoms with van der Waals surface area (Å²) in [6.07, 6.45) is 20.8. The third-order valence-electron chi connectivity index (χ3n) is 6.54. The molecule has 2 heteroatoms. The van der Waals surface area contributed by atoms with Crippen LogP contribution >= 0.6 is 0 Å². The molecule has 26 heavy (non-hydrogen) atoms. The molecule has 2 aliphatic carbocycles. The smallest absolute Gasteiger partial charge is 0.126 e. The van der Waals surface area contributed by atoms with Crippen LogP contribution in [0.25, 0.3) is 0 Å². The summed E-state index contributed by atoms with van der Waals surface area (Å²) in [5.74, 6) is 0.378. The molecule has 1 saturated carbocycles. The minimum Gasteiger partial charge on any atom is -0.207 e. The van der Waals surface area contributed by atoms with Crippen LogP contribution in [-0.4, -0.2) is 0 Å². The van der Waals surface area contributed by atoms with Gasteiger partial charge in [-0.25, -0.2) is 8.78 Å². The summed E-state index contributed by atoms with van der Waals surface area (Å²) in [5, 5.41) is 0. The topological polar surface area (TPSA) is 0 Å². The summed E-state index contributed by atoms with van der Waals surface area (Å²) < 4.78 is 27.8. The minimum absolute atomic E-state index is 0.245. The molecule has 1 atom stereocenters. The summed E-state index contributed by atoms with van der Waals surface area (Å²) in [6.45, 7) is 2.26. The summed E-state index contributed by atoms with van der Waals surface area (Å²) >= 11 is 0. The van der Waals surface area contributed by atoms with Crippen molar-refractivity contribution < 1.29 is 8.78 Å². The van der Waals surface area contributed by atoms with Crippen molar-refractivity contribution in [3.8, 4) is 0 Å². The van der Waals surface area contributed by atoms with Crippen LogP contribution in [0.4, 0.5) is 8.78 Å². The van der Waals surface area contributed by atoms with E-state index in [1.807, 2.05) is 6.08 Å². The average molecular weight is 359 g/mol. The molecule has 0 nitrogen and oxygen atoms in total. The molecule has 3 rings (SSSR count). The highest BCUT2D eigenvalue weighted by Crippen LogP contribution is 2.48. The van der Waals surface area contributed by atoms with E-state index >= 15 is 0 Å².